The normalized spacial score (nSPS) is 14.8. The van der Waals surface area contributed by atoms with E-state index in [1.165, 1.54) is 0 Å². The zero-order valence-corrected chi connectivity index (χ0v) is 13.3. The van der Waals surface area contributed by atoms with Crippen molar-refractivity contribution in [2.75, 3.05) is 19.6 Å². The molecule has 0 fully saturated rings. The van der Waals surface area contributed by atoms with Crippen LogP contribution in [0.15, 0.2) is 12.7 Å². The van der Waals surface area contributed by atoms with E-state index in [-0.39, 0.29) is 0 Å². The monoisotopic (exact) mass is 285 g/mol. The van der Waals surface area contributed by atoms with Crippen LogP contribution in [0, 0.1) is 0 Å². The van der Waals surface area contributed by atoms with Gasteiger partial charge in [-0.05, 0) is 33.1 Å². The second-order valence-corrected chi connectivity index (χ2v) is 5.50. The van der Waals surface area contributed by atoms with Crippen molar-refractivity contribution in [3.8, 4) is 0 Å². The van der Waals surface area contributed by atoms with Crippen molar-refractivity contribution in [2.24, 2.45) is 0 Å². The summed E-state index contributed by atoms with van der Waals surface area (Å²) < 4.78 is 0.404. The van der Waals surface area contributed by atoms with Crippen LogP contribution in [0.4, 0.5) is 0 Å². The van der Waals surface area contributed by atoms with Gasteiger partial charge in [0.2, 0.25) is 0 Å². The minimum atomic E-state index is -1.00. The van der Waals surface area contributed by atoms with Crippen LogP contribution in [0.1, 0.15) is 52.9 Å². The average Bonchev–Trinajstić information content (AvgIpc) is 2.42. The van der Waals surface area contributed by atoms with Gasteiger partial charge in [0.1, 0.15) is 18.7 Å². The van der Waals surface area contributed by atoms with Gasteiger partial charge in [-0.25, -0.2) is 0 Å². The molecular weight excluding hydrogens is 254 g/mol. The fourth-order valence-corrected chi connectivity index (χ4v) is 3.01. The average molecular weight is 285 g/mol. The van der Waals surface area contributed by atoms with Gasteiger partial charge in [-0.2, -0.15) is 0 Å². The number of quaternary nitrogens is 1. The topological polar surface area (TPSA) is 60.4 Å². The Hall–Kier alpha value is -0.870. The van der Waals surface area contributed by atoms with Gasteiger partial charge in [0, 0.05) is 6.42 Å². The van der Waals surface area contributed by atoms with Crippen molar-refractivity contribution >= 4 is 5.97 Å². The standard InChI is InChI=1S/C16H31NO3/c1-5-9-10-11-12-14(18)13-17(7-3,8-4)15(6-2)16(19)20/h5,14-15,18H,1,6-13H2,2-4H3. The van der Waals surface area contributed by atoms with E-state index in [4.69, 9.17) is 0 Å². The number of carboxylic acids is 1. The molecule has 2 atom stereocenters. The number of hydrogen-bond acceptors (Lipinski definition) is 3. The van der Waals surface area contributed by atoms with Gasteiger partial charge in [0.25, 0.3) is 0 Å². The highest BCUT2D eigenvalue weighted by molar-refractivity contribution is 5.69. The van der Waals surface area contributed by atoms with Gasteiger partial charge in [-0.1, -0.05) is 19.4 Å². The number of carbonyl (C=O) groups excluding carboxylic acids is 1. The Morgan fingerprint density at radius 3 is 2.30 bits per heavy atom. The van der Waals surface area contributed by atoms with Crippen LogP contribution in [-0.2, 0) is 4.79 Å². The second kappa shape index (κ2) is 9.94. The number of allylic oxidation sites excluding steroid dienone is 1. The third-order valence-corrected chi connectivity index (χ3v) is 4.35. The van der Waals surface area contributed by atoms with Crippen molar-refractivity contribution in [3.63, 3.8) is 0 Å². The summed E-state index contributed by atoms with van der Waals surface area (Å²) >= 11 is 0. The molecule has 0 spiro atoms. The quantitative estimate of drug-likeness (QED) is 0.336. The van der Waals surface area contributed by atoms with Crippen LogP contribution in [0.5, 0.6) is 0 Å². The van der Waals surface area contributed by atoms with Crippen molar-refractivity contribution in [2.45, 2.75) is 65.0 Å². The lowest BCUT2D eigenvalue weighted by atomic mass is 10.0. The predicted octanol–water partition coefficient (Wildman–Crippen LogP) is 1.48. The summed E-state index contributed by atoms with van der Waals surface area (Å²) in [5.74, 6) is -1.00. The van der Waals surface area contributed by atoms with E-state index in [0.717, 1.165) is 25.7 Å². The Labute approximate surface area is 123 Å². The predicted molar refractivity (Wildman–Crippen MR) is 80.0 cm³/mol. The number of likely N-dealkylation sites (N-methyl/N-ethyl adjacent to an activating group) is 1. The first-order chi connectivity index (χ1) is 9.47. The number of rotatable bonds is 12. The maximum atomic E-state index is 11.4. The van der Waals surface area contributed by atoms with Gasteiger partial charge in [0.15, 0.2) is 0 Å². The summed E-state index contributed by atoms with van der Waals surface area (Å²) in [6.45, 7) is 11.4. The Balaban J connectivity index is 4.65. The SMILES string of the molecule is C=CCCCCC(O)C[N+](CC)(CC)C(CC)C(=O)[O-]. The van der Waals surface area contributed by atoms with Crippen molar-refractivity contribution in [3.05, 3.63) is 12.7 Å². The number of carboxylic acid groups (broad SMARTS) is 1. The molecule has 0 saturated carbocycles. The minimum Gasteiger partial charge on any atom is -0.544 e. The lowest BCUT2D eigenvalue weighted by molar-refractivity contribution is -0.944. The summed E-state index contributed by atoms with van der Waals surface area (Å²) in [7, 11) is 0. The number of unbranched alkanes of at least 4 members (excludes halogenated alkanes) is 2. The molecule has 0 aromatic carbocycles. The second-order valence-electron chi connectivity index (χ2n) is 5.50. The highest BCUT2D eigenvalue weighted by atomic mass is 16.4. The lowest BCUT2D eigenvalue weighted by Crippen LogP contribution is -2.63. The van der Waals surface area contributed by atoms with Crippen LogP contribution in [0.3, 0.4) is 0 Å². The van der Waals surface area contributed by atoms with E-state index < -0.39 is 18.1 Å². The largest absolute Gasteiger partial charge is 0.544 e. The van der Waals surface area contributed by atoms with Crippen molar-refractivity contribution in [1.82, 2.24) is 0 Å². The molecular formula is C16H31NO3. The molecule has 0 aromatic rings. The molecule has 0 aliphatic rings. The summed E-state index contributed by atoms with van der Waals surface area (Å²) in [5, 5.41) is 21.6. The molecule has 0 aromatic heterocycles. The van der Waals surface area contributed by atoms with Crippen LogP contribution in [-0.4, -0.2) is 47.3 Å². The molecule has 0 aliphatic heterocycles. The maximum Gasteiger partial charge on any atom is 0.129 e. The molecule has 4 heteroatoms. The van der Waals surface area contributed by atoms with E-state index in [1.807, 2.05) is 26.8 Å². The molecule has 0 bridgehead atoms. The first-order valence-corrected chi connectivity index (χ1v) is 7.82. The third kappa shape index (κ3) is 5.63. The zero-order chi connectivity index (χ0) is 15.6. The van der Waals surface area contributed by atoms with Gasteiger partial charge < -0.3 is 19.5 Å². The molecule has 2 unspecified atom stereocenters. The van der Waals surface area contributed by atoms with Gasteiger partial charge in [0.05, 0.1) is 19.1 Å². The third-order valence-electron chi connectivity index (χ3n) is 4.35. The molecule has 1 N–H and O–H groups in total. The van der Waals surface area contributed by atoms with Gasteiger partial charge >= 0.3 is 0 Å². The zero-order valence-electron chi connectivity index (χ0n) is 13.3. The highest BCUT2D eigenvalue weighted by Crippen LogP contribution is 2.19. The molecule has 20 heavy (non-hydrogen) atoms. The fourth-order valence-electron chi connectivity index (χ4n) is 3.01. The van der Waals surface area contributed by atoms with Crippen LogP contribution in [0.2, 0.25) is 0 Å². The number of aliphatic hydroxyl groups excluding tert-OH is 1. The Morgan fingerprint density at radius 2 is 1.90 bits per heavy atom. The van der Waals surface area contributed by atoms with Gasteiger partial charge in [-0.3, -0.25) is 0 Å². The van der Waals surface area contributed by atoms with Gasteiger partial charge in [-0.15, -0.1) is 6.58 Å². The molecule has 0 amide bonds. The maximum absolute atomic E-state index is 11.4. The molecule has 4 nitrogen and oxygen atoms in total. The Bertz CT molecular complexity index is 287. The van der Waals surface area contributed by atoms with Crippen LogP contribution >= 0.6 is 0 Å². The molecule has 0 saturated heterocycles. The fraction of sp³-hybridized carbons (Fsp3) is 0.812. The van der Waals surface area contributed by atoms with Crippen molar-refractivity contribution < 1.29 is 19.5 Å². The number of carbonyl (C=O) groups is 1. The first kappa shape index (κ1) is 19.1. The molecule has 0 radical (unpaired) electrons. The van der Waals surface area contributed by atoms with Crippen molar-refractivity contribution in [1.29, 1.82) is 0 Å². The van der Waals surface area contributed by atoms with E-state index in [2.05, 4.69) is 6.58 Å². The highest BCUT2D eigenvalue weighted by Gasteiger charge is 2.35. The van der Waals surface area contributed by atoms with E-state index >= 15 is 0 Å². The van der Waals surface area contributed by atoms with E-state index in [0.29, 0.717) is 30.5 Å². The van der Waals surface area contributed by atoms with Crippen LogP contribution in [0.25, 0.3) is 0 Å². The van der Waals surface area contributed by atoms with Crippen LogP contribution < -0.4 is 5.11 Å². The summed E-state index contributed by atoms with van der Waals surface area (Å²) in [5.41, 5.74) is 0. The number of nitrogens with zero attached hydrogens (tertiary/aromatic N) is 1. The molecule has 0 heterocycles. The molecule has 0 aliphatic carbocycles. The molecule has 118 valence electrons. The lowest BCUT2D eigenvalue weighted by Gasteiger charge is -2.45. The summed E-state index contributed by atoms with van der Waals surface area (Å²) in [4.78, 5) is 11.4. The molecule has 0 rings (SSSR count). The Morgan fingerprint density at radius 1 is 1.30 bits per heavy atom. The Kier molecular flexibility index (Phi) is 9.51. The first-order valence-electron chi connectivity index (χ1n) is 7.82. The van der Waals surface area contributed by atoms with E-state index in [9.17, 15) is 15.0 Å². The number of aliphatic carboxylic acids is 1. The summed E-state index contributed by atoms with van der Waals surface area (Å²) in [6, 6.07) is -0.534. The van der Waals surface area contributed by atoms with E-state index in [1.54, 1.807) is 0 Å². The number of hydrogen-bond donors (Lipinski definition) is 1. The smallest absolute Gasteiger partial charge is 0.129 e. The minimum absolute atomic E-state index is 0.404. The number of aliphatic hydroxyl groups is 1. The summed E-state index contributed by atoms with van der Waals surface area (Å²) in [6.07, 6.45) is 5.62.